The van der Waals surface area contributed by atoms with E-state index in [1.54, 1.807) is 24.3 Å². The highest BCUT2D eigenvalue weighted by atomic mass is 16.5. The van der Waals surface area contributed by atoms with E-state index in [4.69, 9.17) is 25.4 Å². The molecule has 0 aliphatic carbocycles. The van der Waals surface area contributed by atoms with Crippen LogP contribution in [0.3, 0.4) is 0 Å². The van der Waals surface area contributed by atoms with Crippen molar-refractivity contribution >= 4 is 6.29 Å². The molecule has 4 rings (SSSR count). The topological polar surface area (TPSA) is 142 Å². The van der Waals surface area contributed by atoms with Crippen molar-refractivity contribution in [3.05, 3.63) is 119 Å². The van der Waals surface area contributed by atoms with Crippen LogP contribution in [0.15, 0.2) is 97.1 Å². The molecule has 41 heavy (non-hydrogen) atoms. The zero-order valence-corrected chi connectivity index (χ0v) is 23.1. The first-order chi connectivity index (χ1) is 20.0. The summed E-state index contributed by atoms with van der Waals surface area (Å²) < 4.78 is 11.1. The van der Waals surface area contributed by atoms with E-state index in [2.05, 4.69) is 0 Å². The molecule has 0 unspecified atom stereocenters. The molecule has 218 valence electrons. The largest absolute Gasteiger partial charge is 0.504 e. The number of aldehydes is 1. The molecule has 0 saturated heterocycles. The monoisotopic (exact) mass is 561 g/mol. The Labute approximate surface area is 241 Å². The summed E-state index contributed by atoms with van der Waals surface area (Å²) in [7, 11) is 0. The second-order valence-corrected chi connectivity index (χ2v) is 8.89. The van der Waals surface area contributed by atoms with Crippen LogP contribution in [0.2, 0.25) is 0 Å². The van der Waals surface area contributed by atoms with Gasteiger partial charge in [0.15, 0.2) is 23.0 Å². The molecule has 6 N–H and O–H groups in total. The molecule has 0 radical (unpaired) electrons. The van der Waals surface area contributed by atoms with E-state index in [1.807, 2.05) is 66.7 Å². The van der Waals surface area contributed by atoms with Crippen molar-refractivity contribution in [1.82, 2.24) is 0 Å². The maximum absolute atomic E-state index is 10.5. The summed E-state index contributed by atoms with van der Waals surface area (Å²) in [4.78, 5) is 10.5. The smallest absolute Gasteiger partial charge is 0.161 e. The summed E-state index contributed by atoms with van der Waals surface area (Å²) in [5.74, 6) is 1.02. The molecule has 0 fully saturated rings. The number of ether oxygens (including phenoxy) is 2. The Bertz CT molecular complexity index is 1270. The predicted molar refractivity (Wildman–Crippen MR) is 159 cm³/mol. The molecule has 0 amide bonds. The van der Waals surface area contributed by atoms with Gasteiger partial charge in [-0.1, -0.05) is 66.7 Å². The molecule has 0 aromatic heterocycles. The Hall–Kier alpha value is -4.37. The highest BCUT2D eigenvalue weighted by Crippen LogP contribution is 2.28. The number of carbonyl (C=O) groups excluding carboxylic acids is 1. The summed E-state index contributed by atoms with van der Waals surface area (Å²) in [6.07, 6.45) is 3.24. The standard InChI is InChI=1S/C17H20O3.C14H12O3.C2H7NO/c18-11-5-4-6-14-9-10-17(16(19)12-14)20-13-15-7-2-1-3-8-15;15-9-12-6-7-14(13(16)8-12)17-10-11-4-2-1-3-5-11;3-1-2-4/h1-3,7-10,12,18-19H,4-6,11,13H2;1-9,16H,10H2;4H,1-3H2. The van der Waals surface area contributed by atoms with Gasteiger partial charge in [0.05, 0.1) is 6.61 Å². The summed E-state index contributed by atoms with van der Waals surface area (Å²) in [6, 6.07) is 29.6. The number of hydrogen-bond donors (Lipinski definition) is 5. The van der Waals surface area contributed by atoms with Crippen LogP contribution >= 0.6 is 0 Å². The Morgan fingerprint density at radius 1 is 0.634 bits per heavy atom. The van der Waals surface area contributed by atoms with Crippen LogP contribution in [-0.4, -0.2) is 46.5 Å². The highest BCUT2D eigenvalue weighted by Gasteiger charge is 2.05. The second kappa shape index (κ2) is 19.7. The summed E-state index contributed by atoms with van der Waals surface area (Å²) >= 11 is 0. The number of hydrogen-bond acceptors (Lipinski definition) is 8. The van der Waals surface area contributed by atoms with Crippen LogP contribution in [0, 0.1) is 0 Å². The lowest BCUT2D eigenvalue weighted by molar-refractivity contribution is 0.112. The van der Waals surface area contributed by atoms with Gasteiger partial charge >= 0.3 is 0 Å². The van der Waals surface area contributed by atoms with Gasteiger partial charge in [-0.2, -0.15) is 0 Å². The van der Waals surface area contributed by atoms with Crippen molar-refractivity contribution in [2.75, 3.05) is 19.8 Å². The van der Waals surface area contributed by atoms with E-state index in [0.29, 0.717) is 43.1 Å². The van der Waals surface area contributed by atoms with Crippen molar-refractivity contribution in [3.8, 4) is 23.0 Å². The molecule has 0 aliphatic rings. The molecule has 8 nitrogen and oxygen atoms in total. The zero-order valence-electron chi connectivity index (χ0n) is 23.1. The molecule has 0 atom stereocenters. The number of phenols is 2. The van der Waals surface area contributed by atoms with E-state index in [0.717, 1.165) is 36.0 Å². The van der Waals surface area contributed by atoms with Gasteiger partial charge in [0.2, 0.25) is 0 Å². The van der Waals surface area contributed by atoms with Crippen molar-refractivity contribution in [2.24, 2.45) is 5.73 Å². The fourth-order valence-electron chi connectivity index (χ4n) is 3.48. The first kappa shape index (κ1) is 32.8. The summed E-state index contributed by atoms with van der Waals surface area (Å²) in [6.45, 7) is 1.51. The Balaban J connectivity index is 0.000000256. The summed E-state index contributed by atoms with van der Waals surface area (Å²) in [5, 5.41) is 36.1. The Kier molecular flexibility index (Phi) is 15.7. The van der Waals surface area contributed by atoms with Gasteiger partial charge in [0.25, 0.3) is 0 Å². The minimum absolute atomic E-state index is 0.0227. The van der Waals surface area contributed by atoms with E-state index < -0.39 is 0 Å². The number of carbonyl (C=O) groups is 1. The Morgan fingerprint density at radius 3 is 1.59 bits per heavy atom. The second-order valence-electron chi connectivity index (χ2n) is 8.89. The van der Waals surface area contributed by atoms with Crippen LogP contribution in [-0.2, 0) is 19.6 Å². The van der Waals surface area contributed by atoms with Gasteiger partial charge < -0.3 is 35.6 Å². The van der Waals surface area contributed by atoms with Crippen molar-refractivity contribution < 1.29 is 34.7 Å². The highest BCUT2D eigenvalue weighted by molar-refractivity contribution is 5.76. The van der Waals surface area contributed by atoms with Gasteiger partial charge in [-0.15, -0.1) is 0 Å². The molecule has 0 spiro atoms. The maximum Gasteiger partial charge on any atom is 0.161 e. The number of unbranched alkanes of at least 4 members (excludes halogenated alkanes) is 1. The molecular weight excluding hydrogens is 522 g/mol. The third-order valence-electron chi connectivity index (χ3n) is 5.62. The number of rotatable bonds is 12. The minimum Gasteiger partial charge on any atom is -0.504 e. The van der Waals surface area contributed by atoms with Crippen LogP contribution in [0.5, 0.6) is 23.0 Å². The minimum atomic E-state index is -0.0227. The zero-order chi connectivity index (χ0) is 29.7. The number of aryl methyl sites for hydroxylation is 1. The first-order valence-corrected chi connectivity index (χ1v) is 13.4. The molecule has 8 heteroatoms. The maximum atomic E-state index is 10.5. The summed E-state index contributed by atoms with van der Waals surface area (Å²) in [5.41, 5.74) is 8.35. The van der Waals surface area contributed by atoms with Gasteiger partial charge in [-0.3, -0.25) is 4.79 Å². The quantitative estimate of drug-likeness (QED) is 0.120. The van der Waals surface area contributed by atoms with Crippen molar-refractivity contribution in [3.63, 3.8) is 0 Å². The van der Waals surface area contributed by atoms with E-state index in [-0.39, 0.29) is 24.7 Å². The normalized spacial score (nSPS) is 9.93. The number of aliphatic hydroxyl groups excluding tert-OH is 2. The number of aliphatic hydroxyl groups is 2. The van der Waals surface area contributed by atoms with E-state index in [1.165, 1.54) is 6.07 Å². The number of aromatic hydroxyl groups is 2. The van der Waals surface area contributed by atoms with Crippen LogP contribution < -0.4 is 15.2 Å². The number of benzene rings is 4. The van der Waals surface area contributed by atoms with Gasteiger partial charge in [0.1, 0.15) is 19.5 Å². The number of nitrogens with two attached hydrogens (primary N) is 1. The SMILES string of the molecule is NCCO.O=Cc1ccc(OCc2ccccc2)c(O)c1.OCCCCc1ccc(OCc2ccccc2)c(O)c1. The lowest BCUT2D eigenvalue weighted by Crippen LogP contribution is -2.02. The molecular formula is C33H39NO7. The molecule has 0 heterocycles. The fraction of sp³-hybridized carbons (Fsp3) is 0.242. The van der Waals surface area contributed by atoms with Crippen LogP contribution in [0.25, 0.3) is 0 Å². The average molecular weight is 562 g/mol. The van der Waals surface area contributed by atoms with Gasteiger partial charge in [-0.05, 0) is 66.3 Å². The molecule has 4 aromatic rings. The number of phenolic OH excluding ortho intramolecular Hbond substituents is 2. The third-order valence-corrected chi connectivity index (χ3v) is 5.62. The Morgan fingerprint density at radius 2 is 1.15 bits per heavy atom. The van der Waals surface area contributed by atoms with Gasteiger partial charge in [0, 0.05) is 18.7 Å². The first-order valence-electron chi connectivity index (χ1n) is 13.4. The molecule has 0 saturated carbocycles. The fourth-order valence-corrected chi connectivity index (χ4v) is 3.48. The third kappa shape index (κ3) is 13.0. The molecule has 4 aromatic carbocycles. The van der Waals surface area contributed by atoms with Crippen molar-refractivity contribution in [1.29, 1.82) is 0 Å². The lowest BCUT2D eigenvalue weighted by Gasteiger charge is -2.09. The van der Waals surface area contributed by atoms with Crippen molar-refractivity contribution in [2.45, 2.75) is 32.5 Å². The van der Waals surface area contributed by atoms with Crippen LogP contribution in [0.1, 0.15) is 39.9 Å². The van der Waals surface area contributed by atoms with E-state index >= 15 is 0 Å². The average Bonchev–Trinajstić information content (AvgIpc) is 3.01. The molecule has 0 aliphatic heterocycles. The predicted octanol–water partition coefficient (Wildman–Crippen LogP) is 5.01. The van der Waals surface area contributed by atoms with Gasteiger partial charge in [-0.25, -0.2) is 0 Å². The lowest BCUT2D eigenvalue weighted by atomic mass is 10.1. The van der Waals surface area contributed by atoms with E-state index in [9.17, 15) is 15.0 Å². The van der Waals surface area contributed by atoms with Crippen LogP contribution in [0.4, 0.5) is 0 Å². The molecule has 0 bridgehead atoms.